The van der Waals surface area contributed by atoms with E-state index in [4.69, 9.17) is 4.42 Å². The van der Waals surface area contributed by atoms with Crippen LogP contribution in [0, 0.1) is 0 Å². The highest BCUT2D eigenvalue weighted by atomic mass is 127. The summed E-state index contributed by atoms with van der Waals surface area (Å²) in [6, 6.07) is 4.43. The second-order valence-electron chi connectivity index (χ2n) is 5.44. The highest BCUT2D eigenvalue weighted by Gasteiger charge is 2.14. The van der Waals surface area contributed by atoms with Gasteiger partial charge < -0.3 is 15.1 Å². The van der Waals surface area contributed by atoms with Crippen molar-refractivity contribution < 1.29 is 4.42 Å². The molecule has 124 valence electrons. The number of nitrogens with zero attached hydrogens (tertiary/aromatic N) is 1. The second-order valence-corrected chi connectivity index (χ2v) is 6.59. The lowest BCUT2D eigenvalue weighted by molar-refractivity contribution is 0.505. The first kappa shape index (κ1) is 19.4. The van der Waals surface area contributed by atoms with Gasteiger partial charge in [0.25, 0.3) is 0 Å². The van der Waals surface area contributed by atoms with Crippen molar-refractivity contribution in [3.8, 4) is 0 Å². The van der Waals surface area contributed by atoms with Crippen LogP contribution >= 0.6 is 35.7 Å². The minimum absolute atomic E-state index is 0. The van der Waals surface area contributed by atoms with Gasteiger partial charge in [0.2, 0.25) is 0 Å². The van der Waals surface area contributed by atoms with E-state index in [1.807, 2.05) is 30.8 Å². The van der Waals surface area contributed by atoms with Crippen molar-refractivity contribution in [2.24, 2.45) is 4.99 Å². The monoisotopic (exact) mass is 435 g/mol. The average molecular weight is 435 g/mol. The van der Waals surface area contributed by atoms with E-state index in [0.29, 0.717) is 12.6 Å². The van der Waals surface area contributed by atoms with E-state index in [1.165, 1.54) is 18.6 Å². The summed E-state index contributed by atoms with van der Waals surface area (Å²) in [6.45, 7) is 7.39. The van der Waals surface area contributed by atoms with Gasteiger partial charge in [0, 0.05) is 24.8 Å². The molecule has 0 aliphatic carbocycles. The lowest BCUT2D eigenvalue weighted by Crippen LogP contribution is -2.46. The van der Waals surface area contributed by atoms with Crippen LogP contribution in [0.4, 0.5) is 0 Å². The van der Waals surface area contributed by atoms with Gasteiger partial charge in [-0.3, -0.25) is 0 Å². The summed E-state index contributed by atoms with van der Waals surface area (Å²) in [5.74, 6) is 4.32. The molecule has 2 N–H and O–H groups in total. The predicted molar refractivity (Wildman–Crippen MR) is 106 cm³/mol. The van der Waals surface area contributed by atoms with Crippen LogP contribution in [0.5, 0.6) is 0 Å². The number of furan rings is 1. The van der Waals surface area contributed by atoms with Gasteiger partial charge >= 0.3 is 0 Å². The van der Waals surface area contributed by atoms with Crippen LogP contribution in [0.25, 0.3) is 0 Å². The molecule has 1 aromatic rings. The summed E-state index contributed by atoms with van der Waals surface area (Å²) in [5, 5.41) is 6.93. The molecular weight excluding hydrogens is 409 g/mol. The Kier molecular flexibility index (Phi) is 9.70. The van der Waals surface area contributed by atoms with Crippen LogP contribution in [-0.4, -0.2) is 36.6 Å². The fourth-order valence-corrected chi connectivity index (χ4v) is 3.25. The number of thioether (sulfide) groups is 1. The van der Waals surface area contributed by atoms with Crippen LogP contribution in [0.1, 0.15) is 25.5 Å². The van der Waals surface area contributed by atoms with Crippen LogP contribution in [0.3, 0.4) is 0 Å². The zero-order valence-corrected chi connectivity index (χ0v) is 16.3. The van der Waals surface area contributed by atoms with Crippen LogP contribution in [0.15, 0.2) is 40.0 Å². The van der Waals surface area contributed by atoms with Crippen LogP contribution in [-0.2, 0) is 6.42 Å². The highest BCUT2D eigenvalue weighted by molar-refractivity contribution is 14.0. The van der Waals surface area contributed by atoms with Gasteiger partial charge in [-0.25, -0.2) is 4.99 Å². The van der Waals surface area contributed by atoms with E-state index in [2.05, 4.69) is 22.2 Å². The Morgan fingerprint density at radius 1 is 1.55 bits per heavy atom. The van der Waals surface area contributed by atoms with E-state index in [0.717, 1.165) is 36.0 Å². The largest absolute Gasteiger partial charge is 0.469 e. The van der Waals surface area contributed by atoms with Gasteiger partial charge in [-0.1, -0.05) is 12.2 Å². The molecule has 1 aliphatic heterocycles. The fraction of sp³-hybridized carbons (Fsp3) is 0.562. The van der Waals surface area contributed by atoms with Crippen LogP contribution < -0.4 is 10.6 Å². The summed E-state index contributed by atoms with van der Waals surface area (Å²) in [4.78, 5) is 4.59. The Hall–Kier alpha value is -0.630. The molecular formula is C16H26IN3OS. The molecule has 1 saturated heterocycles. The van der Waals surface area contributed by atoms with E-state index in [9.17, 15) is 0 Å². The molecule has 4 nitrogen and oxygen atoms in total. The van der Waals surface area contributed by atoms with Crippen molar-refractivity contribution >= 4 is 41.7 Å². The van der Waals surface area contributed by atoms with E-state index in [-0.39, 0.29) is 24.0 Å². The maximum absolute atomic E-state index is 5.35. The van der Waals surface area contributed by atoms with E-state index >= 15 is 0 Å². The van der Waals surface area contributed by atoms with Crippen molar-refractivity contribution in [3.05, 3.63) is 36.3 Å². The molecule has 1 atom stereocenters. The molecule has 1 unspecified atom stereocenters. The number of hydrogen-bond acceptors (Lipinski definition) is 3. The number of rotatable bonds is 6. The molecule has 0 amide bonds. The molecule has 0 bridgehead atoms. The predicted octanol–water partition coefficient (Wildman–Crippen LogP) is 3.45. The fourth-order valence-electron chi connectivity index (χ4n) is 2.17. The SMILES string of the molecule is C=C(C)CN=C(NCCc1ccco1)NC1CCCSC1.I. The maximum atomic E-state index is 5.35. The highest BCUT2D eigenvalue weighted by Crippen LogP contribution is 2.16. The Bertz CT molecular complexity index is 456. The van der Waals surface area contributed by atoms with Crippen molar-refractivity contribution in [2.45, 2.75) is 32.2 Å². The first-order valence-electron chi connectivity index (χ1n) is 7.53. The van der Waals surface area contributed by atoms with E-state index < -0.39 is 0 Å². The third-order valence-electron chi connectivity index (χ3n) is 3.25. The van der Waals surface area contributed by atoms with E-state index in [1.54, 1.807) is 6.26 Å². The third-order valence-corrected chi connectivity index (χ3v) is 4.47. The standard InChI is InChI=1S/C16H25N3OS.HI/c1-13(2)11-18-16(19-14-5-4-10-21-12-14)17-8-7-15-6-3-9-20-15;/h3,6,9,14H,1,4-5,7-8,10-12H2,2H3,(H2,17,18,19);1H. The Balaban J connectivity index is 0.00000242. The van der Waals surface area contributed by atoms with Gasteiger partial charge in [0.05, 0.1) is 12.8 Å². The summed E-state index contributed by atoms with van der Waals surface area (Å²) >= 11 is 2.01. The zero-order valence-electron chi connectivity index (χ0n) is 13.1. The number of nitrogens with one attached hydrogen (secondary N) is 2. The van der Waals surface area contributed by atoms with Crippen molar-refractivity contribution in [1.29, 1.82) is 0 Å². The number of aliphatic imine (C=N–C) groups is 1. The molecule has 2 heterocycles. The molecule has 0 saturated carbocycles. The Labute approximate surface area is 154 Å². The molecule has 0 spiro atoms. The molecule has 6 heteroatoms. The smallest absolute Gasteiger partial charge is 0.191 e. The third kappa shape index (κ3) is 7.58. The van der Waals surface area contributed by atoms with Gasteiger partial charge in [-0.15, -0.1) is 24.0 Å². The summed E-state index contributed by atoms with van der Waals surface area (Å²) in [5.41, 5.74) is 1.07. The zero-order chi connectivity index (χ0) is 14.9. The molecule has 1 aliphatic rings. The topological polar surface area (TPSA) is 49.6 Å². The first-order valence-corrected chi connectivity index (χ1v) is 8.69. The first-order chi connectivity index (χ1) is 10.2. The lowest BCUT2D eigenvalue weighted by atomic mass is 10.2. The second kappa shape index (κ2) is 11.0. The normalized spacial score (nSPS) is 18.4. The van der Waals surface area contributed by atoms with Gasteiger partial charge in [-0.05, 0) is 37.7 Å². The van der Waals surface area contributed by atoms with Crippen LogP contribution in [0.2, 0.25) is 0 Å². The van der Waals surface area contributed by atoms with Crippen molar-refractivity contribution in [3.63, 3.8) is 0 Å². The summed E-state index contributed by atoms with van der Waals surface area (Å²) in [6.07, 6.45) is 5.07. The average Bonchev–Trinajstić information content (AvgIpc) is 2.99. The minimum Gasteiger partial charge on any atom is -0.469 e. The number of hydrogen-bond donors (Lipinski definition) is 2. The molecule has 0 aromatic carbocycles. The number of guanidine groups is 1. The Morgan fingerprint density at radius 3 is 3.05 bits per heavy atom. The van der Waals surface area contributed by atoms with Crippen molar-refractivity contribution in [2.75, 3.05) is 24.6 Å². The summed E-state index contributed by atoms with van der Waals surface area (Å²) < 4.78 is 5.35. The maximum Gasteiger partial charge on any atom is 0.191 e. The van der Waals surface area contributed by atoms with Crippen molar-refractivity contribution in [1.82, 2.24) is 10.6 Å². The lowest BCUT2D eigenvalue weighted by Gasteiger charge is -2.24. The van der Waals surface area contributed by atoms with Gasteiger partial charge in [-0.2, -0.15) is 11.8 Å². The molecule has 1 aromatic heterocycles. The molecule has 2 rings (SSSR count). The molecule has 0 radical (unpaired) electrons. The summed E-state index contributed by atoms with van der Waals surface area (Å²) in [7, 11) is 0. The van der Waals surface area contributed by atoms with Gasteiger partial charge in [0.1, 0.15) is 5.76 Å². The Morgan fingerprint density at radius 2 is 2.41 bits per heavy atom. The number of halogens is 1. The minimum atomic E-state index is 0. The molecule has 22 heavy (non-hydrogen) atoms. The van der Waals surface area contributed by atoms with Gasteiger partial charge in [0.15, 0.2) is 5.96 Å². The molecule has 1 fully saturated rings. The quantitative estimate of drug-likeness (QED) is 0.311.